The summed E-state index contributed by atoms with van der Waals surface area (Å²) in [5.41, 5.74) is 4.79. The summed E-state index contributed by atoms with van der Waals surface area (Å²) in [6, 6.07) is 12.6. The van der Waals surface area contributed by atoms with Crippen molar-refractivity contribution in [3.63, 3.8) is 0 Å². The van der Waals surface area contributed by atoms with E-state index in [1.165, 1.54) is 0 Å². The first-order valence-electron chi connectivity index (χ1n) is 9.10. The molecule has 0 spiro atoms. The minimum absolute atomic E-state index is 0.174. The van der Waals surface area contributed by atoms with Gasteiger partial charge < -0.3 is 4.90 Å². The maximum Gasteiger partial charge on any atom is 0.255 e. The number of amides is 3. The molecule has 28 heavy (non-hydrogen) atoms. The molecule has 7 heteroatoms. The first kappa shape index (κ1) is 16.6. The molecule has 3 amide bonds. The second-order valence-corrected chi connectivity index (χ2v) is 7.01. The maximum atomic E-state index is 12.8. The molecule has 0 saturated carbocycles. The van der Waals surface area contributed by atoms with E-state index < -0.39 is 11.9 Å². The van der Waals surface area contributed by atoms with Crippen molar-refractivity contribution in [2.24, 2.45) is 0 Å². The molecular weight excluding hydrogens is 356 g/mol. The molecule has 0 radical (unpaired) electrons. The van der Waals surface area contributed by atoms with Crippen LogP contribution in [0.3, 0.4) is 0 Å². The molecule has 2 aromatic heterocycles. The molecule has 3 aromatic rings. The minimum Gasteiger partial charge on any atom is -0.322 e. The number of aromatic nitrogens is 2. The van der Waals surface area contributed by atoms with Crippen LogP contribution in [0.4, 0.5) is 0 Å². The van der Waals surface area contributed by atoms with Gasteiger partial charge in [0, 0.05) is 30.3 Å². The number of carbonyl (C=O) groups excluding carboxylic acids is 3. The van der Waals surface area contributed by atoms with Crippen LogP contribution in [0.5, 0.6) is 0 Å². The highest BCUT2D eigenvalue weighted by atomic mass is 16.2. The number of nitrogens with zero attached hydrogens (tertiary/aromatic N) is 3. The Morgan fingerprint density at radius 3 is 2.79 bits per heavy atom. The summed E-state index contributed by atoms with van der Waals surface area (Å²) in [7, 11) is 0. The van der Waals surface area contributed by atoms with E-state index in [1.54, 1.807) is 17.2 Å². The molecule has 1 unspecified atom stereocenters. The number of hydrogen-bond acceptors (Lipinski definition) is 5. The Bertz CT molecular complexity index is 1160. The third-order valence-corrected chi connectivity index (χ3v) is 5.28. The van der Waals surface area contributed by atoms with Crippen molar-refractivity contribution < 1.29 is 14.4 Å². The van der Waals surface area contributed by atoms with Gasteiger partial charge in [-0.3, -0.25) is 24.7 Å². The normalized spacial score (nSPS) is 19.1. The largest absolute Gasteiger partial charge is 0.322 e. The number of carbonyl (C=O) groups is 3. The van der Waals surface area contributed by atoms with E-state index in [0.717, 1.165) is 27.9 Å². The van der Waals surface area contributed by atoms with Gasteiger partial charge in [0.2, 0.25) is 11.8 Å². The molecule has 1 N–H and O–H groups in total. The van der Waals surface area contributed by atoms with Gasteiger partial charge in [0.15, 0.2) is 0 Å². The summed E-state index contributed by atoms with van der Waals surface area (Å²) in [4.78, 5) is 46.8. The molecule has 7 nitrogen and oxygen atoms in total. The smallest absolute Gasteiger partial charge is 0.255 e. The van der Waals surface area contributed by atoms with Crippen LogP contribution in [0.15, 0.2) is 48.7 Å². The lowest BCUT2D eigenvalue weighted by Gasteiger charge is -2.29. The fraction of sp³-hybridized carbons (Fsp3) is 0.190. The van der Waals surface area contributed by atoms with Gasteiger partial charge in [-0.25, -0.2) is 4.98 Å². The third-order valence-electron chi connectivity index (χ3n) is 5.28. The second-order valence-electron chi connectivity index (χ2n) is 7.01. The Labute approximate surface area is 160 Å². The number of fused-ring (bicyclic) bond motifs is 2. The number of imide groups is 1. The maximum absolute atomic E-state index is 12.8. The van der Waals surface area contributed by atoms with Gasteiger partial charge in [-0.2, -0.15) is 0 Å². The van der Waals surface area contributed by atoms with Gasteiger partial charge in [0.05, 0.1) is 16.7 Å². The lowest BCUT2D eigenvalue weighted by atomic mass is 10.0. The van der Waals surface area contributed by atoms with Crippen LogP contribution < -0.4 is 5.32 Å². The molecule has 1 atom stereocenters. The Morgan fingerprint density at radius 2 is 1.93 bits per heavy atom. The van der Waals surface area contributed by atoms with Crippen molar-refractivity contribution in [1.29, 1.82) is 0 Å². The Morgan fingerprint density at radius 1 is 1.04 bits per heavy atom. The van der Waals surface area contributed by atoms with Crippen LogP contribution in [0.1, 0.15) is 28.8 Å². The number of rotatable bonds is 2. The van der Waals surface area contributed by atoms with Crippen molar-refractivity contribution in [2.45, 2.75) is 25.4 Å². The van der Waals surface area contributed by atoms with Crippen molar-refractivity contribution >= 4 is 28.8 Å². The number of piperidine rings is 1. The van der Waals surface area contributed by atoms with Gasteiger partial charge in [-0.1, -0.05) is 6.07 Å². The zero-order valence-corrected chi connectivity index (χ0v) is 14.9. The van der Waals surface area contributed by atoms with E-state index in [4.69, 9.17) is 0 Å². The van der Waals surface area contributed by atoms with Crippen LogP contribution in [-0.4, -0.2) is 38.6 Å². The lowest BCUT2D eigenvalue weighted by Crippen LogP contribution is -2.52. The summed E-state index contributed by atoms with van der Waals surface area (Å²) in [6.45, 7) is 0.351. The van der Waals surface area contributed by atoms with Crippen molar-refractivity contribution in [1.82, 2.24) is 20.2 Å². The van der Waals surface area contributed by atoms with Crippen LogP contribution in [0.25, 0.3) is 22.3 Å². The molecule has 2 aliphatic rings. The topological polar surface area (TPSA) is 92.3 Å². The van der Waals surface area contributed by atoms with E-state index in [1.807, 2.05) is 36.4 Å². The third kappa shape index (κ3) is 2.63. The monoisotopic (exact) mass is 372 g/mol. The highest BCUT2D eigenvalue weighted by Crippen LogP contribution is 2.31. The number of pyridine rings is 2. The standard InChI is InChI=1S/C21H16N4O3/c26-19-8-7-18(20(27)24-19)25-11-13-10-12(3-4-14(13)21(25)28)15-5-6-16-17(23-15)2-1-9-22-16/h1-6,9-10,18H,7-8,11H2,(H,24,26,27). The molecule has 1 aromatic carbocycles. The molecular formula is C21H16N4O3. The molecule has 5 rings (SSSR count). The van der Waals surface area contributed by atoms with Crippen LogP contribution in [0, 0.1) is 0 Å². The highest BCUT2D eigenvalue weighted by Gasteiger charge is 2.39. The molecule has 1 fully saturated rings. The predicted octanol–water partition coefficient (Wildman–Crippen LogP) is 2.06. The SMILES string of the molecule is O=C1CCC(N2Cc3cc(-c4ccc5ncccc5n4)ccc3C2=O)C(=O)N1. The molecule has 1 saturated heterocycles. The van der Waals surface area contributed by atoms with E-state index in [-0.39, 0.29) is 18.2 Å². The zero-order valence-electron chi connectivity index (χ0n) is 14.9. The summed E-state index contributed by atoms with van der Waals surface area (Å²) in [5, 5.41) is 2.32. The molecule has 2 aliphatic heterocycles. The fourth-order valence-corrected chi connectivity index (χ4v) is 3.85. The number of benzene rings is 1. The number of hydrogen-bond donors (Lipinski definition) is 1. The van der Waals surface area contributed by atoms with Gasteiger partial charge >= 0.3 is 0 Å². The number of nitrogens with one attached hydrogen (secondary N) is 1. The summed E-state index contributed by atoms with van der Waals surface area (Å²) in [5.74, 6) is -0.863. The van der Waals surface area contributed by atoms with Crippen molar-refractivity contribution in [2.75, 3.05) is 0 Å². The van der Waals surface area contributed by atoms with Crippen LogP contribution in [0.2, 0.25) is 0 Å². The molecule has 0 aliphatic carbocycles. The van der Waals surface area contributed by atoms with Crippen LogP contribution in [-0.2, 0) is 16.1 Å². The second kappa shape index (κ2) is 6.23. The average Bonchev–Trinajstić information content (AvgIpc) is 3.03. The van der Waals surface area contributed by atoms with Gasteiger partial charge in [0.1, 0.15) is 6.04 Å². The summed E-state index contributed by atoms with van der Waals surface area (Å²) in [6.07, 6.45) is 2.33. The first-order chi connectivity index (χ1) is 13.6. The van der Waals surface area contributed by atoms with Gasteiger partial charge in [-0.05, 0) is 48.4 Å². The van der Waals surface area contributed by atoms with Crippen molar-refractivity contribution in [3.8, 4) is 11.3 Å². The van der Waals surface area contributed by atoms with E-state index in [0.29, 0.717) is 18.5 Å². The lowest BCUT2D eigenvalue weighted by molar-refractivity contribution is -0.136. The molecule has 138 valence electrons. The summed E-state index contributed by atoms with van der Waals surface area (Å²) >= 11 is 0. The van der Waals surface area contributed by atoms with Crippen molar-refractivity contribution in [3.05, 3.63) is 59.8 Å². The fourth-order valence-electron chi connectivity index (χ4n) is 3.85. The Balaban J connectivity index is 1.47. The van der Waals surface area contributed by atoms with E-state index in [9.17, 15) is 14.4 Å². The Hall–Kier alpha value is -3.61. The van der Waals surface area contributed by atoms with Gasteiger partial charge in [0.25, 0.3) is 5.91 Å². The Kier molecular flexibility index (Phi) is 3.68. The van der Waals surface area contributed by atoms with Crippen LogP contribution >= 0.6 is 0 Å². The first-order valence-corrected chi connectivity index (χ1v) is 9.10. The predicted molar refractivity (Wildman–Crippen MR) is 101 cm³/mol. The zero-order chi connectivity index (χ0) is 19.3. The van der Waals surface area contributed by atoms with E-state index >= 15 is 0 Å². The average molecular weight is 372 g/mol. The van der Waals surface area contributed by atoms with Gasteiger partial charge in [-0.15, -0.1) is 0 Å². The van der Waals surface area contributed by atoms with E-state index in [2.05, 4.69) is 15.3 Å². The molecule has 0 bridgehead atoms. The molecule has 4 heterocycles. The quantitative estimate of drug-likeness (QED) is 0.695. The highest BCUT2D eigenvalue weighted by molar-refractivity contribution is 6.05. The minimum atomic E-state index is -0.606. The summed E-state index contributed by atoms with van der Waals surface area (Å²) < 4.78 is 0.